The van der Waals surface area contributed by atoms with Gasteiger partial charge in [0.25, 0.3) is 0 Å². The van der Waals surface area contributed by atoms with E-state index in [1.54, 1.807) is 66.8 Å². The van der Waals surface area contributed by atoms with Gasteiger partial charge >= 0.3 is 0 Å². The van der Waals surface area contributed by atoms with Crippen molar-refractivity contribution in [1.29, 1.82) is 0 Å². The number of benzene rings is 3. The van der Waals surface area contributed by atoms with Crippen molar-refractivity contribution in [2.24, 2.45) is 0 Å². The Morgan fingerprint density at radius 1 is 0.842 bits per heavy atom. The number of allylic oxidation sites excluding steroid dienone is 2. The van der Waals surface area contributed by atoms with Crippen LogP contribution in [-0.2, 0) is 4.79 Å². The van der Waals surface area contributed by atoms with Crippen LogP contribution in [0, 0.1) is 0 Å². The lowest BCUT2D eigenvalue weighted by molar-refractivity contribution is -0.111. The van der Waals surface area contributed by atoms with Gasteiger partial charge in [0.05, 0.1) is 20.3 Å². The first-order valence-electron chi connectivity index (χ1n) is 11.5. The topological polar surface area (TPSA) is 120 Å². The molecule has 1 aliphatic rings. The predicted octanol–water partition coefficient (Wildman–Crippen LogP) is 4.59. The number of hydrogen-bond acceptors (Lipinski definition) is 7. The van der Waals surface area contributed by atoms with Gasteiger partial charge in [0.1, 0.15) is 5.75 Å². The van der Waals surface area contributed by atoms with Crippen molar-refractivity contribution in [3.63, 3.8) is 0 Å². The van der Waals surface area contributed by atoms with E-state index in [4.69, 9.17) is 21.7 Å². The van der Waals surface area contributed by atoms with Crippen LogP contribution in [0.4, 0.5) is 0 Å². The van der Waals surface area contributed by atoms with Gasteiger partial charge in [0, 0.05) is 11.3 Å². The van der Waals surface area contributed by atoms with Crippen LogP contribution in [0.5, 0.6) is 28.7 Å². The summed E-state index contributed by atoms with van der Waals surface area (Å²) in [7, 11) is 2.91. The maximum Gasteiger partial charge on any atom is 0.186 e. The smallest absolute Gasteiger partial charge is 0.186 e. The molecule has 1 heterocycles. The lowest BCUT2D eigenvalue weighted by Crippen LogP contribution is -2.44. The van der Waals surface area contributed by atoms with E-state index < -0.39 is 6.04 Å². The van der Waals surface area contributed by atoms with Crippen LogP contribution >= 0.6 is 12.2 Å². The largest absolute Gasteiger partial charge is 0.508 e. The van der Waals surface area contributed by atoms with E-state index in [2.05, 4.69) is 10.6 Å². The van der Waals surface area contributed by atoms with Crippen LogP contribution in [0.3, 0.4) is 0 Å². The van der Waals surface area contributed by atoms with Crippen LogP contribution in [0.1, 0.15) is 22.7 Å². The number of ether oxygens (including phenoxy) is 2. The molecular weight excluding hydrogens is 504 g/mol. The molecule has 0 saturated heterocycles. The normalized spacial score (nSPS) is 15.4. The number of aromatic hydroxyl groups is 3. The zero-order chi connectivity index (χ0) is 27.2. The molecular formula is C29H26N2O6S. The Bertz CT molecular complexity index is 1460. The number of phenols is 3. The van der Waals surface area contributed by atoms with Crippen LogP contribution in [0.2, 0.25) is 0 Å². The van der Waals surface area contributed by atoms with E-state index >= 15 is 0 Å². The van der Waals surface area contributed by atoms with Crippen molar-refractivity contribution >= 4 is 35.3 Å². The summed E-state index contributed by atoms with van der Waals surface area (Å²) in [6.45, 7) is 0. The maximum absolute atomic E-state index is 13.6. The summed E-state index contributed by atoms with van der Waals surface area (Å²) in [6.07, 6.45) is 6.57. The third-order valence-corrected chi connectivity index (χ3v) is 6.09. The number of phenolic OH excluding ortho intramolecular Hbond substituents is 3. The summed E-state index contributed by atoms with van der Waals surface area (Å²) in [5.41, 5.74) is 3.01. The molecule has 1 unspecified atom stereocenters. The summed E-state index contributed by atoms with van der Waals surface area (Å²) < 4.78 is 10.3. The number of hydrogen-bond donors (Lipinski definition) is 5. The molecule has 4 rings (SSSR count). The Balaban J connectivity index is 1.77. The Morgan fingerprint density at radius 2 is 1.42 bits per heavy atom. The molecule has 1 atom stereocenters. The van der Waals surface area contributed by atoms with Gasteiger partial charge < -0.3 is 35.4 Å². The van der Waals surface area contributed by atoms with Crippen LogP contribution in [-0.4, -0.2) is 40.4 Å². The summed E-state index contributed by atoms with van der Waals surface area (Å²) in [5.74, 6) is 0.439. The van der Waals surface area contributed by atoms with Gasteiger partial charge in [-0.3, -0.25) is 4.79 Å². The van der Waals surface area contributed by atoms with Gasteiger partial charge in [0.15, 0.2) is 33.9 Å². The Kier molecular flexibility index (Phi) is 7.98. The second-order valence-corrected chi connectivity index (χ2v) is 8.75. The van der Waals surface area contributed by atoms with Crippen molar-refractivity contribution in [3.8, 4) is 28.7 Å². The fraction of sp³-hybridized carbons (Fsp3) is 0.103. The van der Waals surface area contributed by atoms with E-state index in [1.165, 1.54) is 32.4 Å². The minimum absolute atomic E-state index is 0.00134. The molecule has 0 aromatic heterocycles. The van der Waals surface area contributed by atoms with Crippen molar-refractivity contribution in [3.05, 3.63) is 101 Å². The molecule has 3 aromatic carbocycles. The van der Waals surface area contributed by atoms with Crippen molar-refractivity contribution in [2.45, 2.75) is 6.04 Å². The summed E-state index contributed by atoms with van der Waals surface area (Å²) in [4.78, 5) is 13.6. The van der Waals surface area contributed by atoms with Gasteiger partial charge in [-0.15, -0.1) is 0 Å². The molecule has 1 aliphatic heterocycles. The van der Waals surface area contributed by atoms with Gasteiger partial charge in [-0.2, -0.15) is 0 Å². The summed E-state index contributed by atoms with van der Waals surface area (Å²) in [5, 5.41) is 36.1. The van der Waals surface area contributed by atoms with Crippen molar-refractivity contribution in [2.75, 3.05) is 14.2 Å². The average Bonchev–Trinajstić information content (AvgIpc) is 2.92. The minimum Gasteiger partial charge on any atom is -0.508 e. The second-order valence-electron chi connectivity index (χ2n) is 8.34. The van der Waals surface area contributed by atoms with E-state index in [-0.39, 0.29) is 23.0 Å². The molecule has 0 saturated carbocycles. The highest BCUT2D eigenvalue weighted by molar-refractivity contribution is 7.80. The Hall–Kier alpha value is -4.76. The molecule has 0 spiro atoms. The molecule has 3 aromatic rings. The van der Waals surface area contributed by atoms with Crippen molar-refractivity contribution in [1.82, 2.24) is 10.6 Å². The third-order valence-electron chi connectivity index (χ3n) is 5.87. The molecule has 0 bridgehead atoms. The number of ketones is 1. The molecule has 38 heavy (non-hydrogen) atoms. The number of rotatable bonds is 8. The predicted molar refractivity (Wildman–Crippen MR) is 149 cm³/mol. The first-order chi connectivity index (χ1) is 18.3. The molecule has 194 valence electrons. The monoisotopic (exact) mass is 530 g/mol. The van der Waals surface area contributed by atoms with Crippen LogP contribution < -0.4 is 20.1 Å². The van der Waals surface area contributed by atoms with Crippen LogP contribution in [0.15, 0.2) is 84.1 Å². The van der Waals surface area contributed by atoms with E-state index in [0.717, 1.165) is 11.1 Å². The third kappa shape index (κ3) is 5.96. The van der Waals surface area contributed by atoms with E-state index in [0.29, 0.717) is 33.4 Å². The highest BCUT2D eigenvalue weighted by Gasteiger charge is 2.29. The van der Waals surface area contributed by atoms with Gasteiger partial charge in [-0.05, 0) is 77.5 Å². The zero-order valence-electron chi connectivity index (χ0n) is 20.6. The standard InChI is InChI=1S/C29H26N2O6S/c1-36-25-15-17(4-12-22(25)33)3-11-21-27(24(35)14-6-18-5-13-23(34)26(16-18)37-2)28(31-29(38)30-21)19-7-9-20(32)10-8-19/h3-16,28,32-34H,1-2H3,(H2,30,31,38)/b11-3+,14-6+. The number of carbonyl (C=O) groups is 1. The minimum atomic E-state index is -0.593. The average molecular weight is 531 g/mol. The lowest BCUT2D eigenvalue weighted by Gasteiger charge is -2.30. The fourth-order valence-corrected chi connectivity index (χ4v) is 4.17. The molecule has 0 fully saturated rings. The number of methoxy groups -OCH3 is 2. The molecule has 8 nitrogen and oxygen atoms in total. The second kappa shape index (κ2) is 11.5. The van der Waals surface area contributed by atoms with E-state index in [9.17, 15) is 20.1 Å². The summed E-state index contributed by atoms with van der Waals surface area (Å²) >= 11 is 5.43. The van der Waals surface area contributed by atoms with Crippen LogP contribution in [0.25, 0.3) is 12.2 Å². The fourth-order valence-electron chi connectivity index (χ4n) is 3.94. The lowest BCUT2D eigenvalue weighted by atomic mass is 9.91. The zero-order valence-corrected chi connectivity index (χ0v) is 21.5. The highest BCUT2D eigenvalue weighted by Crippen LogP contribution is 2.32. The van der Waals surface area contributed by atoms with Gasteiger partial charge in [0.2, 0.25) is 0 Å². The quantitative estimate of drug-likeness (QED) is 0.210. The van der Waals surface area contributed by atoms with Gasteiger partial charge in [-0.25, -0.2) is 0 Å². The molecule has 0 aliphatic carbocycles. The van der Waals surface area contributed by atoms with Crippen molar-refractivity contribution < 1.29 is 29.6 Å². The Labute approximate surface area is 225 Å². The molecule has 0 radical (unpaired) electrons. The van der Waals surface area contributed by atoms with E-state index in [1.807, 2.05) is 0 Å². The molecule has 9 heteroatoms. The SMILES string of the molecule is COc1cc(/C=C/C(=O)C2=C(/C=C/c3ccc(O)c(OC)c3)NC(=S)NC2c2ccc(O)cc2)ccc1O. The number of nitrogens with one attached hydrogen (secondary N) is 2. The molecule has 0 amide bonds. The highest BCUT2D eigenvalue weighted by atomic mass is 32.1. The number of carbonyl (C=O) groups excluding carboxylic acids is 1. The summed E-state index contributed by atoms with van der Waals surface area (Å²) in [6, 6.07) is 15.6. The Morgan fingerprint density at radius 3 is 2.00 bits per heavy atom. The first kappa shape index (κ1) is 26.3. The van der Waals surface area contributed by atoms with Gasteiger partial charge in [-0.1, -0.05) is 36.4 Å². The number of thiocarbonyl (C=S) groups is 1. The maximum atomic E-state index is 13.6. The molecule has 5 N–H and O–H groups in total. The first-order valence-corrected chi connectivity index (χ1v) is 11.9.